The number of hydrogen-bond acceptors (Lipinski definition) is 5. The van der Waals surface area contributed by atoms with E-state index in [0.717, 1.165) is 5.56 Å². The second-order valence-electron chi connectivity index (χ2n) is 8.29. The molecular weight excluding hydrogens is 427 g/mol. The number of carbonyl (C=O) groups excluding carboxylic acids is 3. The zero-order chi connectivity index (χ0) is 24.2. The highest BCUT2D eigenvalue weighted by Crippen LogP contribution is 2.34. The molecule has 2 atom stereocenters. The molecule has 0 saturated carbocycles. The van der Waals surface area contributed by atoms with Crippen LogP contribution in [0.15, 0.2) is 55.4 Å². The van der Waals surface area contributed by atoms with E-state index in [9.17, 15) is 18.8 Å². The average Bonchev–Trinajstić information content (AvgIpc) is 2.88. The van der Waals surface area contributed by atoms with E-state index < -0.39 is 41.1 Å². The second-order valence-corrected chi connectivity index (χ2v) is 8.29. The molecule has 3 rings (SSSR count). The number of hydrogen-bond donors (Lipinski definition) is 2. The fourth-order valence-corrected chi connectivity index (χ4v) is 3.38. The first-order chi connectivity index (χ1) is 15.6. The van der Waals surface area contributed by atoms with Gasteiger partial charge in [0.1, 0.15) is 29.1 Å². The summed E-state index contributed by atoms with van der Waals surface area (Å²) in [6.45, 7) is 8.52. The van der Waals surface area contributed by atoms with Crippen molar-refractivity contribution in [3.63, 3.8) is 0 Å². The van der Waals surface area contributed by atoms with E-state index in [1.807, 2.05) is 0 Å². The Morgan fingerprint density at radius 1 is 1.30 bits per heavy atom. The first-order valence-electron chi connectivity index (χ1n) is 10.5. The summed E-state index contributed by atoms with van der Waals surface area (Å²) in [6.07, 6.45) is 3.97. The number of anilines is 1. The van der Waals surface area contributed by atoms with Gasteiger partial charge in [-0.15, -0.1) is 6.58 Å². The number of nitrogens with zero attached hydrogens (tertiary/aromatic N) is 2. The van der Waals surface area contributed by atoms with Crippen molar-refractivity contribution >= 4 is 23.4 Å². The molecule has 9 heteroatoms. The van der Waals surface area contributed by atoms with E-state index >= 15 is 0 Å². The quantitative estimate of drug-likeness (QED) is 0.494. The standard InChI is InChI=1S/C24H27FN4O4/c1-5-11-29-18-12-17(25)8-9-19(18)33-15(2)20(21(29)30)28-23(32)24(3,4)22(31)27-14-16-7-6-10-26-13-16/h5-10,12-13,15,20H,1,11,14H2,2-4H3,(H,27,31)(H,28,32)/t15-,20+/m1/s1. The Kier molecular flexibility index (Phi) is 7.10. The molecule has 0 fully saturated rings. The van der Waals surface area contributed by atoms with Gasteiger partial charge in [0.2, 0.25) is 11.8 Å². The molecule has 1 aromatic carbocycles. The monoisotopic (exact) mass is 454 g/mol. The molecular formula is C24H27FN4O4. The summed E-state index contributed by atoms with van der Waals surface area (Å²) < 4.78 is 19.7. The van der Waals surface area contributed by atoms with Gasteiger partial charge in [-0.2, -0.15) is 0 Å². The molecule has 0 unspecified atom stereocenters. The van der Waals surface area contributed by atoms with Crippen molar-refractivity contribution in [1.82, 2.24) is 15.6 Å². The summed E-state index contributed by atoms with van der Waals surface area (Å²) in [5, 5.41) is 5.38. The Bertz CT molecular complexity index is 1060. The van der Waals surface area contributed by atoms with Gasteiger partial charge >= 0.3 is 0 Å². The minimum absolute atomic E-state index is 0.0900. The van der Waals surface area contributed by atoms with E-state index in [4.69, 9.17) is 4.74 Å². The van der Waals surface area contributed by atoms with Crippen LogP contribution in [0.2, 0.25) is 0 Å². The first kappa shape index (κ1) is 23.9. The molecule has 0 saturated heterocycles. The Morgan fingerprint density at radius 3 is 2.73 bits per heavy atom. The highest BCUT2D eigenvalue weighted by Gasteiger charge is 2.42. The van der Waals surface area contributed by atoms with Gasteiger partial charge in [-0.3, -0.25) is 19.4 Å². The zero-order valence-electron chi connectivity index (χ0n) is 18.8. The van der Waals surface area contributed by atoms with Crippen LogP contribution in [0.1, 0.15) is 26.3 Å². The third kappa shape index (κ3) is 5.19. The number of ether oxygens (including phenoxy) is 1. The van der Waals surface area contributed by atoms with Gasteiger partial charge in [-0.1, -0.05) is 12.1 Å². The Balaban J connectivity index is 1.77. The Morgan fingerprint density at radius 2 is 2.06 bits per heavy atom. The second kappa shape index (κ2) is 9.81. The summed E-state index contributed by atoms with van der Waals surface area (Å²) in [5.41, 5.74) is -0.443. The molecule has 0 aliphatic carbocycles. The van der Waals surface area contributed by atoms with Gasteiger partial charge in [0.15, 0.2) is 0 Å². The maximum absolute atomic E-state index is 13.9. The lowest BCUT2D eigenvalue weighted by atomic mass is 9.90. The van der Waals surface area contributed by atoms with Crippen LogP contribution in [-0.4, -0.2) is 41.4 Å². The van der Waals surface area contributed by atoms with Crippen molar-refractivity contribution in [2.75, 3.05) is 11.4 Å². The minimum atomic E-state index is -1.48. The van der Waals surface area contributed by atoms with Crippen LogP contribution in [0.4, 0.5) is 10.1 Å². The van der Waals surface area contributed by atoms with Gasteiger partial charge in [-0.25, -0.2) is 4.39 Å². The van der Waals surface area contributed by atoms with E-state index in [0.29, 0.717) is 5.75 Å². The number of pyridine rings is 1. The van der Waals surface area contributed by atoms with Crippen molar-refractivity contribution in [1.29, 1.82) is 0 Å². The highest BCUT2D eigenvalue weighted by molar-refractivity contribution is 6.07. The third-order valence-corrected chi connectivity index (χ3v) is 5.44. The maximum Gasteiger partial charge on any atom is 0.253 e. The van der Waals surface area contributed by atoms with Gasteiger partial charge < -0.3 is 20.3 Å². The van der Waals surface area contributed by atoms with Gasteiger partial charge in [-0.05, 0) is 44.5 Å². The third-order valence-electron chi connectivity index (χ3n) is 5.44. The number of amides is 3. The first-order valence-corrected chi connectivity index (χ1v) is 10.5. The van der Waals surface area contributed by atoms with Crippen molar-refractivity contribution in [3.8, 4) is 5.75 Å². The van der Waals surface area contributed by atoms with E-state index in [1.54, 1.807) is 31.5 Å². The summed E-state index contributed by atoms with van der Waals surface area (Å²) >= 11 is 0. The molecule has 2 N–H and O–H groups in total. The van der Waals surface area contributed by atoms with Crippen LogP contribution in [0.25, 0.3) is 0 Å². The number of carbonyl (C=O) groups is 3. The smallest absolute Gasteiger partial charge is 0.253 e. The molecule has 8 nitrogen and oxygen atoms in total. The molecule has 2 aromatic rings. The Hall–Kier alpha value is -3.75. The lowest BCUT2D eigenvalue weighted by molar-refractivity contribution is -0.143. The van der Waals surface area contributed by atoms with Gasteiger partial charge in [0.25, 0.3) is 5.91 Å². The normalized spacial score (nSPS) is 17.9. The van der Waals surface area contributed by atoms with Crippen LogP contribution >= 0.6 is 0 Å². The molecule has 2 heterocycles. The molecule has 1 aliphatic heterocycles. The largest absolute Gasteiger partial charge is 0.486 e. The van der Waals surface area contributed by atoms with Crippen LogP contribution in [0, 0.1) is 11.2 Å². The summed E-state index contributed by atoms with van der Waals surface area (Å²) in [4.78, 5) is 44.5. The van der Waals surface area contributed by atoms with E-state index in [1.165, 1.54) is 43.0 Å². The maximum atomic E-state index is 13.9. The highest BCUT2D eigenvalue weighted by atomic mass is 19.1. The van der Waals surface area contributed by atoms with Crippen molar-refractivity contribution in [2.45, 2.75) is 39.5 Å². The molecule has 0 radical (unpaired) electrons. The van der Waals surface area contributed by atoms with E-state index in [2.05, 4.69) is 22.2 Å². The lowest BCUT2D eigenvalue weighted by Crippen LogP contribution is -2.58. The predicted octanol–water partition coefficient (Wildman–Crippen LogP) is 2.35. The zero-order valence-corrected chi connectivity index (χ0v) is 18.8. The predicted molar refractivity (Wildman–Crippen MR) is 121 cm³/mol. The van der Waals surface area contributed by atoms with Crippen molar-refractivity contribution in [3.05, 3.63) is 66.8 Å². The summed E-state index contributed by atoms with van der Waals surface area (Å²) in [7, 11) is 0. The average molecular weight is 455 g/mol. The molecule has 0 spiro atoms. The number of rotatable bonds is 7. The van der Waals surface area contributed by atoms with Gasteiger partial charge in [0.05, 0.1) is 5.69 Å². The number of fused-ring (bicyclic) bond motifs is 1. The summed E-state index contributed by atoms with van der Waals surface area (Å²) in [5.74, 6) is -1.86. The van der Waals surface area contributed by atoms with Crippen molar-refractivity contribution in [2.24, 2.45) is 5.41 Å². The Labute approximate surface area is 191 Å². The fraction of sp³-hybridized carbons (Fsp3) is 0.333. The SMILES string of the molecule is C=CCN1C(=O)[C@@H](NC(=O)C(C)(C)C(=O)NCc2cccnc2)[C@@H](C)Oc2ccc(F)cc21. The lowest BCUT2D eigenvalue weighted by Gasteiger charge is -2.29. The van der Waals surface area contributed by atoms with Crippen LogP contribution in [0.5, 0.6) is 5.75 Å². The summed E-state index contributed by atoms with van der Waals surface area (Å²) in [6, 6.07) is 6.32. The minimum Gasteiger partial charge on any atom is -0.486 e. The van der Waals surface area contributed by atoms with Crippen molar-refractivity contribution < 1.29 is 23.5 Å². The van der Waals surface area contributed by atoms with Crippen LogP contribution in [0.3, 0.4) is 0 Å². The van der Waals surface area contributed by atoms with Gasteiger partial charge in [0, 0.05) is 31.5 Å². The molecule has 174 valence electrons. The molecule has 1 aliphatic rings. The van der Waals surface area contributed by atoms with Crippen LogP contribution in [-0.2, 0) is 20.9 Å². The van der Waals surface area contributed by atoms with E-state index in [-0.39, 0.29) is 18.8 Å². The number of halogens is 1. The van der Waals surface area contributed by atoms with Crippen LogP contribution < -0.4 is 20.3 Å². The number of nitrogens with one attached hydrogen (secondary N) is 2. The molecule has 0 bridgehead atoms. The molecule has 33 heavy (non-hydrogen) atoms. The number of aromatic nitrogens is 1. The molecule has 3 amide bonds. The fourth-order valence-electron chi connectivity index (χ4n) is 3.38. The topological polar surface area (TPSA) is 101 Å². The molecule has 1 aromatic heterocycles. The number of benzene rings is 1.